The molecular weight excluding hydrogens is 224 g/mol. The molecule has 1 aromatic rings. The molecule has 0 spiro atoms. The van der Waals surface area contributed by atoms with Gasteiger partial charge < -0.3 is 15.2 Å². The van der Waals surface area contributed by atoms with E-state index in [4.69, 9.17) is 5.73 Å². The fraction of sp³-hybridized carbons (Fsp3) is 0.786. The zero-order chi connectivity index (χ0) is 13.1. The molecule has 4 heteroatoms. The lowest BCUT2D eigenvalue weighted by molar-refractivity contribution is 0.203. The van der Waals surface area contributed by atoms with Gasteiger partial charge in [0.2, 0.25) is 0 Å². The van der Waals surface area contributed by atoms with Crippen molar-refractivity contribution >= 4 is 0 Å². The SMILES string of the molecule is CC(C)C(N)c1cncn1CC1CCN(C)CC1. The zero-order valence-electron chi connectivity index (χ0n) is 11.8. The molecule has 0 bridgehead atoms. The minimum absolute atomic E-state index is 0.0961. The molecule has 0 saturated carbocycles. The molecule has 1 atom stereocenters. The van der Waals surface area contributed by atoms with E-state index in [1.165, 1.54) is 31.6 Å². The molecule has 1 aromatic heterocycles. The van der Waals surface area contributed by atoms with Crippen LogP contribution in [0.1, 0.15) is 38.4 Å². The Morgan fingerprint density at radius 3 is 2.67 bits per heavy atom. The highest BCUT2D eigenvalue weighted by molar-refractivity contribution is 5.05. The van der Waals surface area contributed by atoms with Gasteiger partial charge in [-0.25, -0.2) is 4.98 Å². The molecule has 0 amide bonds. The molecule has 2 heterocycles. The lowest BCUT2D eigenvalue weighted by atomic mass is 9.96. The summed E-state index contributed by atoms with van der Waals surface area (Å²) < 4.78 is 2.26. The molecule has 2 rings (SSSR count). The van der Waals surface area contributed by atoms with Gasteiger partial charge in [-0.2, -0.15) is 0 Å². The van der Waals surface area contributed by atoms with Crippen LogP contribution in [0.4, 0.5) is 0 Å². The third-order valence-electron chi connectivity index (χ3n) is 4.10. The molecule has 18 heavy (non-hydrogen) atoms. The standard InChI is InChI=1S/C14H26N4/c1-11(2)14(15)13-8-16-10-18(13)9-12-4-6-17(3)7-5-12/h8,10-12,14H,4-7,9,15H2,1-3H3. The Balaban J connectivity index is 1.99. The molecule has 1 aliphatic rings. The summed E-state index contributed by atoms with van der Waals surface area (Å²) in [5, 5.41) is 0. The molecular formula is C14H26N4. The van der Waals surface area contributed by atoms with E-state index >= 15 is 0 Å². The number of piperidine rings is 1. The summed E-state index contributed by atoms with van der Waals surface area (Å²) in [7, 11) is 2.20. The largest absolute Gasteiger partial charge is 0.333 e. The van der Waals surface area contributed by atoms with E-state index in [2.05, 4.69) is 35.3 Å². The highest BCUT2D eigenvalue weighted by atomic mass is 15.1. The maximum absolute atomic E-state index is 6.24. The van der Waals surface area contributed by atoms with Crippen molar-refractivity contribution in [1.29, 1.82) is 0 Å². The minimum Gasteiger partial charge on any atom is -0.333 e. The van der Waals surface area contributed by atoms with Gasteiger partial charge in [0, 0.05) is 18.8 Å². The maximum atomic E-state index is 6.24. The monoisotopic (exact) mass is 250 g/mol. The van der Waals surface area contributed by atoms with Gasteiger partial charge in [-0.3, -0.25) is 0 Å². The summed E-state index contributed by atoms with van der Waals surface area (Å²) in [4.78, 5) is 6.69. The van der Waals surface area contributed by atoms with E-state index in [0.717, 1.165) is 12.5 Å². The summed E-state index contributed by atoms with van der Waals surface area (Å²) in [6.07, 6.45) is 6.44. The number of rotatable bonds is 4. The van der Waals surface area contributed by atoms with Crippen molar-refractivity contribution in [2.24, 2.45) is 17.6 Å². The van der Waals surface area contributed by atoms with Crippen LogP contribution in [0.15, 0.2) is 12.5 Å². The van der Waals surface area contributed by atoms with Gasteiger partial charge in [0.15, 0.2) is 0 Å². The second-order valence-electron chi connectivity index (χ2n) is 5.99. The number of imidazole rings is 1. The molecule has 0 radical (unpaired) electrons. The lowest BCUT2D eigenvalue weighted by Gasteiger charge is -2.30. The predicted octanol–water partition coefficient (Wildman–Crippen LogP) is 1.88. The van der Waals surface area contributed by atoms with Gasteiger partial charge in [0.05, 0.1) is 12.0 Å². The van der Waals surface area contributed by atoms with E-state index < -0.39 is 0 Å². The molecule has 2 N–H and O–H groups in total. The van der Waals surface area contributed by atoms with Crippen LogP contribution < -0.4 is 5.73 Å². The number of aromatic nitrogens is 2. The Morgan fingerprint density at radius 2 is 2.06 bits per heavy atom. The van der Waals surface area contributed by atoms with Gasteiger partial charge in [-0.1, -0.05) is 13.8 Å². The molecule has 1 fully saturated rings. The van der Waals surface area contributed by atoms with Crippen LogP contribution in [0, 0.1) is 11.8 Å². The molecule has 1 aliphatic heterocycles. The maximum Gasteiger partial charge on any atom is 0.0948 e. The van der Waals surface area contributed by atoms with Crippen molar-refractivity contribution in [3.05, 3.63) is 18.2 Å². The van der Waals surface area contributed by atoms with E-state index in [0.29, 0.717) is 5.92 Å². The second kappa shape index (κ2) is 5.85. The van der Waals surface area contributed by atoms with Crippen molar-refractivity contribution in [3.63, 3.8) is 0 Å². The van der Waals surface area contributed by atoms with E-state index in [1.807, 2.05) is 12.5 Å². The average Bonchev–Trinajstić information content (AvgIpc) is 2.79. The van der Waals surface area contributed by atoms with E-state index in [9.17, 15) is 0 Å². The Kier molecular flexibility index (Phi) is 4.40. The van der Waals surface area contributed by atoms with Crippen molar-refractivity contribution in [2.75, 3.05) is 20.1 Å². The number of likely N-dealkylation sites (tertiary alicyclic amines) is 1. The first-order chi connectivity index (χ1) is 8.58. The topological polar surface area (TPSA) is 47.1 Å². The summed E-state index contributed by atoms with van der Waals surface area (Å²) in [6.45, 7) is 7.83. The molecule has 0 aliphatic carbocycles. The highest BCUT2D eigenvalue weighted by Crippen LogP contribution is 2.22. The number of nitrogens with zero attached hydrogens (tertiary/aromatic N) is 3. The van der Waals surface area contributed by atoms with Crippen LogP contribution in [0.2, 0.25) is 0 Å². The molecule has 1 saturated heterocycles. The fourth-order valence-electron chi connectivity index (χ4n) is 2.63. The molecule has 102 valence electrons. The smallest absolute Gasteiger partial charge is 0.0948 e. The Labute approximate surface area is 110 Å². The Morgan fingerprint density at radius 1 is 1.39 bits per heavy atom. The molecule has 4 nitrogen and oxygen atoms in total. The van der Waals surface area contributed by atoms with Crippen molar-refractivity contribution in [3.8, 4) is 0 Å². The molecule has 1 unspecified atom stereocenters. The van der Waals surface area contributed by atoms with Crippen LogP contribution in [-0.2, 0) is 6.54 Å². The van der Waals surface area contributed by atoms with Crippen LogP contribution in [0.3, 0.4) is 0 Å². The average molecular weight is 250 g/mol. The summed E-state index contributed by atoms with van der Waals surface area (Å²) >= 11 is 0. The van der Waals surface area contributed by atoms with Crippen LogP contribution in [0.5, 0.6) is 0 Å². The highest BCUT2D eigenvalue weighted by Gasteiger charge is 2.20. The number of hydrogen-bond acceptors (Lipinski definition) is 3. The first-order valence-electron chi connectivity index (χ1n) is 7.02. The van der Waals surface area contributed by atoms with E-state index in [-0.39, 0.29) is 6.04 Å². The van der Waals surface area contributed by atoms with E-state index in [1.54, 1.807) is 0 Å². The lowest BCUT2D eigenvalue weighted by Crippen LogP contribution is -2.32. The van der Waals surface area contributed by atoms with Gasteiger partial charge >= 0.3 is 0 Å². The third-order valence-corrected chi connectivity index (χ3v) is 4.10. The van der Waals surface area contributed by atoms with Crippen molar-refractivity contribution in [2.45, 2.75) is 39.3 Å². The van der Waals surface area contributed by atoms with Crippen LogP contribution >= 0.6 is 0 Å². The fourth-order valence-corrected chi connectivity index (χ4v) is 2.63. The normalized spacial score (nSPS) is 20.5. The van der Waals surface area contributed by atoms with Crippen molar-refractivity contribution < 1.29 is 0 Å². The Bertz CT molecular complexity index is 364. The zero-order valence-corrected chi connectivity index (χ0v) is 11.8. The summed E-state index contributed by atoms with van der Waals surface area (Å²) in [6, 6.07) is 0.0961. The number of hydrogen-bond donors (Lipinski definition) is 1. The first-order valence-corrected chi connectivity index (χ1v) is 7.02. The summed E-state index contributed by atoms with van der Waals surface area (Å²) in [5.74, 6) is 1.23. The van der Waals surface area contributed by atoms with Crippen molar-refractivity contribution in [1.82, 2.24) is 14.5 Å². The van der Waals surface area contributed by atoms with Crippen LogP contribution in [0.25, 0.3) is 0 Å². The second-order valence-corrected chi connectivity index (χ2v) is 5.99. The quantitative estimate of drug-likeness (QED) is 0.887. The predicted molar refractivity (Wildman–Crippen MR) is 74.2 cm³/mol. The molecule has 0 aromatic carbocycles. The Hall–Kier alpha value is -0.870. The number of nitrogens with two attached hydrogens (primary N) is 1. The van der Waals surface area contributed by atoms with Gasteiger partial charge in [0.25, 0.3) is 0 Å². The van der Waals surface area contributed by atoms with Crippen LogP contribution in [-0.4, -0.2) is 34.6 Å². The first kappa shape index (κ1) is 13.6. The van der Waals surface area contributed by atoms with Gasteiger partial charge in [-0.05, 0) is 44.8 Å². The third kappa shape index (κ3) is 3.12. The van der Waals surface area contributed by atoms with Gasteiger partial charge in [0.1, 0.15) is 0 Å². The van der Waals surface area contributed by atoms with Gasteiger partial charge in [-0.15, -0.1) is 0 Å². The minimum atomic E-state index is 0.0961. The summed E-state index contributed by atoms with van der Waals surface area (Å²) in [5.41, 5.74) is 7.43.